The fourth-order valence-corrected chi connectivity index (χ4v) is 3.64. The molecule has 0 bridgehead atoms. The zero-order valence-electron chi connectivity index (χ0n) is 16.1. The van der Waals surface area contributed by atoms with Crippen molar-refractivity contribution in [3.63, 3.8) is 0 Å². The van der Waals surface area contributed by atoms with Gasteiger partial charge in [-0.15, -0.1) is 0 Å². The van der Waals surface area contributed by atoms with E-state index in [4.69, 9.17) is 16.3 Å². The van der Waals surface area contributed by atoms with Gasteiger partial charge in [-0.05, 0) is 42.3 Å². The molecule has 0 fully saturated rings. The van der Waals surface area contributed by atoms with Crippen LogP contribution in [-0.4, -0.2) is 27.9 Å². The third-order valence-electron chi connectivity index (χ3n) is 4.81. The predicted octanol–water partition coefficient (Wildman–Crippen LogP) is 5.21. The highest BCUT2D eigenvalue weighted by atomic mass is 35.5. The van der Waals surface area contributed by atoms with Crippen LogP contribution in [0.15, 0.2) is 42.6 Å². The van der Waals surface area contributed by atoms with E-state index in [2.05, 4.69) is 9.97 Å². The van der Waals surface area contributed by atoms with Crippen LogP contribution in [0.1, 0.15) is 21.6 Å². The van der Waals surface area contributed by atoms with E-state index in [1.54, 1.807) is 12.1 Å². The maximum Gasteiger partial charge on any atom is 0.177 e. The highest BCUT2D eigenvalue weighted by Crippen LogP contribution is 2.34. The fraction of sp³-hybridized carbons (Fsp3) is 0.136. The SMILES string of the molecule is COc1c(Cl)ccc(-c2nc(C=O)c3c(C)cn(Cc4ccc(F)cc4)c3n2)c1F. The van der Waals surface area contributed by atoms with Gasteiger partial charge in [0.15, 0.2) is 23.7 Å². The van der Waals surface area contributed by atoms with Crippen LogP contribution in [0.25, 0.3) is 22.4 Å². The second-order valence-corrected chi connectivity index (χ2v) is 7.16. The average molecular weight is 428 g/mol. The third kappa shape index (κ3) is 3.41. The van der Waals surface area contributed by atoms with Crippen LogP contribution in [0.2, 0.25) is 5.02 Å². The molecule has 2 aromatic carbocycles. The molecule has 0 saturated carbocycles. The molecular formula is C22H16ClF2N3O2. The largest absolute Gasteiger partial charge is 0.492 e. The number of nitrogens with zero attached hydrogens (tertiary/aromatic N) is 3. The maximum atomic E-state index is 14.9. The summed E-state index contributed by atoms with van der Waals surface area (Å²) in [6.07, 6.45) is 2.45. The van der Waals surface area contributed by atoms with Crippen molar-refractivity contribution < 1.29 is 18.3 Å². The first-order valence-electron chi connectivity index (χ1n) is 9.02. The van der Waals surface area contributed by atoms with E-state index in [1.165, 1.54) is 31.4 Å². The standard InChI is InChI=1S/C22H16ClF2N3O2/c1-12-9-28(10-13-3-5-14(24)6-4-13)22-18(12)17(11-29)26-21(27-22)15-7-8-16(23)20(30-2)19(15)25/h3-9,11H,10H2,1-2H3. The van der Waals surface area contributed by atoms with E-state index in [-0.39, 0.29) is 33.7 Å². The summed E-state index contributed by atoms with van der Waals surface area (Å²) in [4.78, 5) is 20.5. The highest BCUT2D eigenvalue weighted by molar-refractivity contribution is 6.32. The molecule has 8 heteroatoms. The lowest BCUT2D eigenvalue weighted by Gasteiger charge is -2.10. The second-order valence-electron chi connectivity index (χ2n) is 6.76. The van der Waals surface area contributed by atoms with Crippen molar-refractivity contribution in [3.05, 3.63) is 76.1 Å². The molecule has 2 aromatic heterocycles. The molecule has 4 aromatic rings. The molecule has 30 heavy (non-hydrogen) atoms. The van der Waals surface area contributed by atoms with Gasteiger partial charge in [-0.25, -0.2) is 18.7 Å². The van der Waals surface area contributed by atoms with Gasteiger partial charge in [0.25, 0.3) is 0 Å². The number of aromatic nitrogens is 3. The Hall–Kier alpha value is -3.32. The number of benzene rings is 2. The van der Waals surface area contributed by atoms with Crippen molar-refractivity contribution in [3.8, 4) is 17.1 Å². The van der Waals surface area contributed by atoms with Crippen LogP contribution >= 0.6 is 11.6 Å². The number of carbonyl (C=O) groups is 1. The first-order valence-corrected chi connectivity index (χ1v) is 9.40. The summed E-state index contributed by atoms with van der Waals surface area (Å²) < 4.78 is 35.0. The van der Waals surface area contributed by atoms with E-state index in [1.807, 2.05) is 17.7 Å². The van der Waals surface area contributed by atoms with Gasteiger partial charge in [0.2, 0.25) is 0 Å². The number of rotatable bonds is 5. The van der Waals surface area contributed by atoms with Gasteiger partial charge in [0, 0.05) is 12.7 Å². The van der Waals surface area contributed by atoms with Crippen LogP contribution < -0.4 is 4.74 Å². The summed E-state index contributed by atoms with van der Waals surface area (Å²) in [6.45, 7) is 2.23. The molecule has 5 nitrogen and oxygen atoms in total. The van der Waals surface area contributed by atoms with Gasteiger partial charge < -0.3 is 9.30 Å². The first kappa shape index (κ1) is 20.0. The lowest BCUT2D eigenvalue weighted by molar-refractivity contribution is 0.112. The van der Waals surface area contributed by atoms with E-state index in [0.717, 1.165) is 11.1 Å². The smallest absolute Gasteiger partial charge is 0.177 e. The van der Waals surface area contributed by atoms with Gasteiger partial charge in [-0.3, -0.25) is 4.79 Å². The normalized spacial score (nSPS) is 11.1. The van der Waals surface area contributed by atoms with Crippen LogP contribution in [0.5, 0.6) is 5.75 Å². The Kier molecular flexibility index (Phi) is 5.22. The molecule has 0 saturated heterocycles. The highest BCUT2D eigenvalue weighted by Gasteiger charge is 2.20. The van der Waals surface area contributed by atoms with Crippen molar-refractivity contribution in [2.45, 2.75) is 13.5 Å². The lowest BCUT2D eigenvalue weighted by atomic mass is 10.1. The minimum Gasteiger partial charge on any atom is -0.492 e. The van der Waals surface area contributed by atoms with Gasteiger partial charge in [-0.2, -0.15) is 0 Å². The number of hydrogen-bond acceptors (Lipinski definition) is 4. The van der Waals surface area contributed by atoms with E-state index in [9.17, 15) is 13.6 Å². The van der Waals surface area contributed by atoms with Crippen LogP contribution in [0.3, 0.4) is 0 Å². The second kappa shape index (κ2) is 7.84. The number of aryl methyl sites for hydroxylation is 1. The number of ether oxygens (including phenoxy) is 1. The fourth-order valence-electron chi connectivity index (χ4n) is 3.42. The van der Waals surface area contributed by atoms with Crippen molar-refractivity contribution in [2.75, 3.05) is 7.11 Å². The number of carbonyl (C=O) groups excluding carboxylic acids is 1. The van der Waals surface area contributed by atoms with E-state index < -0.39 is 5.82 Å². The van der Waals surface area contributed by atoms with Crippen molar-refractivity contribution in [2.24, 2.45) is 0 Å². The average Bonchev–Trinajstić information content (AvgIpc) is 3.05. The summed E-state index contributed by atoms with van der Waals surface area (Å²) in [5.41, 5.74) is 2.33. The Balaban J connectivity index is 1.91. The van der Waals surface area contributed by atoms with Gasteiger partial charge in [0.05, 0.1) is 23.1 Å². The Labute approximate surface area is 175 Å². The lowest BCUT2D eigenvalue weighted by Crippen LogP contribution is -2.04. The first-order chi connectivity index (χ1) is 14.4. The number of aldehydes is 1. The predicted molar refractivity (Wildman–Crippen MR) is 110 cm³/mol. The van der Waals surface area contributed by atoms with Crippen LogP contribution in [0, 0.1) is 18.6 Å². The molecule has 0 amide bonds. The Morgan fingerprint density at radius 3 is 2.53 bits per heavy atom. The minimum absolute atomic E-state index is 0.0375. The molecule has 0 N–H and O–H groups in total. The topological polar surface area (TPSA) is 57.0 Å². The summed E-state index contributed by atoms with van der Waals surface area (Å²) >= 11 is 5.98. The maximum absolute atomic E-state index is 14.9. The molecule has 152 valence electrons. The molecule has 2 heterocycles. The minimum atomic E-state index is -0.713. The molecule has 0 unspecified atom stereocenters. The Bertz CT molecular complexity index is 1270. The van der Waals surface area contributed by atoms with Crippen molar-refractivity contribution in [1.82, 2.24) is 14.5 Å². The summed E-state index contributed by atoms with van der Waals surface area (Å²) in [5, 5.41) is 0.697. The number of halogens is 3. The summed E-state index contributed by atoms with van der Waals surface area (Å²) in [7, 11) is 1.31. The van der Waals surface area contributed by atoms with Gasteiger partial charge >= 0.3 is 0 Å². The van der Waals surface area contributed by atoms with Crippen molar-refractivity contribution in [1.29, 1.82) is 0 Å². The molecule has 0 aliphatic carbocycles. The monoisotopic (exact) mass is 427 g/mol. The molecule has 0 atom stereocenters. The third-order valence-corrected chi connectivity index (χ3v) is 5.10. The zero-order chi connectivity index (χ0) is 21.4. The molecule has 0 aliphatic rings. The molecule has 4 rings (SSSR count). The number of methoxy groups -OCH3 is 1. The number of hydrogen-bond donors (Lipinski definition) is 0. The van der Waals surface area contributed by atoms with Crippen molar-refractivity contribution >= 4 is 28.9 Å². The zero-order valence-corrected chi connectivity index (χ0v) is 16.9. The molecule has 0 aliphatic heterocycles. The summed E-state index contributed by atoms with van der Waals surface area (Å²) in [5.74, 6) is -1.12. The van der Waals surface area contributed by atoms with Crippen LogP contribution in [0.4, 0.5) is 8.78 Å². The quantitative estimate of drug-likeness (QED) is 0.410. The van der Waals surface area contributed by atoms with Crippen LogP contribution in [-0.2, 0) is 6.54 Å². The van der Waals surface area contributed by atoms with E-state index in [0.29, 0.717) is 23.9 Å². The Morgan fingerprint density at radius 2 is 1.87 bits per heavy atom. The van der Waals surface area contributed by atoms with Gasteiger partial charge in [0.1, 0.15) is 17.2 Å². The molecule has 0 spiro atoms. The number of fused-ring (bicyclic) bond motifs is 1. The molecule has 0 radical (unpaired) electrons. The molecular weight excluding hydrogens is 412 g/mol. The van der Waals surface area contributed by atoms with Gasteiger partial charge in [-0.1, -0.05) is 23.7 Å². The summed E-state index contributed by atoms with van der Waals surface area (Å²) in [6, 6.07) is 9.01. The Morgan fingerprint density at radius 1 is 1.13 bits per heavy atom. The van der Waals surface area contributed by atoms with E-state index >= 15 is 0 Å².